The SMILES string of the molecule is O=c1[nH]ncc(N2CC(F)C2)c1C(F)(F)F. The molecule has 16 heavy (non-hydrogen) atoms. The molecule has 0 atom stereocenters. The van der Waals surface area contributed by atoms with Gasteiger partial charge in [-0.1, -0.05) is 0 Å². The van der Waals surface area contributed by atoms with Crippen molar-refractivity contribution in [2.24, 2.45) is 0 Å². The molecule has 1 fully saturated rings. The summed E-state index contributed by atoms with van der Waals surface area (Å²) in [6.45, 7) is -0.289. The van der Waals surface area contributed by atoms with Gasteiger partial charge in [0.25, 0.3) is 5.56 Å². The number of halogens is 4. The molecule has 1 aliphatic heterocycles. The summed E-state index contributed by atoms with van der Waals surface area (Å²) in [5, 5.41) is 5.00. The lowest BCUT2D eigenvalue weighted by Crippen LogP contribution is -2.50. The maximum absolute atomic E-state index is 12.6. The molecule has 1 N–H and O–H groups in total. The number of hydrogen-bond donors (Lipinski definition) is 1. The summed E-state index contributed by atoms with van der Waals surface area (Å²) in [6.07, 6.45) is -5.04. The summed E-state index contributed by atoms with van der Waals surface area (Å²) in [7, 11) is 0. The predicted molar refractivity (Wildman–Crippen MR) is 47.0 cm³/mol. The van der Waals surface area contributed by atoms with Gasteiger partial charge in [-0.3, -0.25) is 4.79 Å². The van der Waals surface area contributed by atoms with E-state index < -0.39 is 23.5 Å². The van der Waals surface area contributed by atoms with Crippen LogP contribution in [0.3, 0.4) is 0 Å². The first-order valence-electron chi connectivity index (χ1n) is 4.43. The molecule has 8 heteroatoms. The van der Waals surface area contributed by atoms with Gasteiger partial charge in [-0.05, 0) is 0 Å². The van der Waals surface area contributed by atoms with E-state index in [1.165, 1.54) is 0 Å². The Morgan fingerprint density at radius 3 is 2.56 bits per heavy atom. The third-order valence-electron chi connectivity index (χ3n) is 2.30. The number of nitrogens with one attached hydrogen (secondary N) is 1. The van der Waals surface area contributed by atoms with Crippen molar-refractivity contribution in [1.29, 1.82) is 0 Å². The van der Waals surface area contributed by atoms with E-state index >= 15 is 0 Å². The van der Waals surface area contributed by atoms with Crippen molar-refractivity contribution in [1.82, 2.24) is 10.2 Å². The van der Waals surface area contributed by atoms with Gasteiger partial charge in [0, 0.05) is 0 Å². The van der Waals surface area contributed by atoms with Crippen LogP contribution < -0.4 is 10.5 Å². The minimum absolute atomic E-state index is 0.145. The van der Waals surface area contributed by atoms with Crippen LogP contribution >= 0.6 is 0 Å². The number of anilines is 1. The van der Waals surface area contributed by atoms with E-state index in [1.807, 2.05) is 0 Å². The zero-order chi connectivity index (χ0) is 11.9. The largest absolute Gasteiger partial charge is 0.423 e. The van der Waals surface area contributed by atoms with Gasteiger partial charge in [0.1, 0.15) is 11.7 Å². The quantitative estimate of drug-likeness (QED) is 0.740. The summed E-state index contributed by atoms with van der Waals surface area (Å²) in [4.78, 5) is 12.2. The molecule has 2 heterocycles. The Balaban J connectivity index is 2.45. The Bertz CT molecular complexity index is 449. The van der Waals surface area contributed by atoms with Crippen molar-refractivity contribution in [3.8, 4) is 0 Å². The standard InChI is InChI=1S/C8H7F4N3O/c9-4-2-15(3-4)5-1-13-14-7(16)6(5)8(10,11)12/h1,4H,2-3H2,(H,14,16). The van der Waals surface area contributed by atoms with Crippen molar-refractivity contribution in [2.45, 2.75) is 12.3 Å². The van der Waals surface area contributed by atoms with Crippen LogP contribution in [0, 0.1) is 0 Å². The van der Waals surface area contributed by atoms with Crippen molar-refractivity contribution >= 4 is 5.69 Å². The topological polar surface area (TPSA) is 49.0 Å². The van der Waals surface area contributed by atoms with E-state index in [9.17, 15) is 22.4 Å². The van der Waals surface area contributed by atoms with Crippen LogP contribution in [0.5, 0.6) is 0 Å². The molecular formula is C8H7F4N3O. The Hall–Kier alpha value is -1.60. The highest BCUT2D eigenvalue weighted by molar-refractivity contribution is 5.54. The molecule has 1 saturated heterocycles. The molecular weight excluding hydrogens is 230 g/mol. The molecule has 0 aliphatic carbocycles. The van der Waals surface area contributed by atoms with E-state index in [0.717, 1.165) is 11.1 Å². The number of H-pyrrole nitrogens is 1. The Morgan fingerprint density at radius 2 is 2.06 bits per heavy atom. The third-order valence-corrected chi connectivity index (χ3v) is 2.30. The molecule has 1 aromatic heterocycles. The molecule has 0 saturated carbocycles. The number of nitrogens with zero attached hydrogens (tertiary/aromatic N) is 2. The number of hydrogen-bond acceptors (Lipinski definition) is 3. The van der Waals surface area contributed by atoms with Crippen LogP contribution in [0.25, 0.3) is 0 Å². The highest BCUT2D eigenvalue weighted by Crippen LogP contribution is 2.35. The van der Waals surface area contributed by atoms with Crippen LogP contribution in [0.1, 0.15) is 5.56 Å². The fourth-order valence-electron chi connectivity index (χ4n) is 1.52. The normalized spacial score (nSPS) is 17.4. The lowest BCUT2D eigenvalue weighted by Gasteiger charge is -2.37. The van der Waals surface area contributed by atoms with E-state index in [2.05, 4.69) is 5.10 Å². The third kappa shape index (κ3) is 1.74. The first-order valence-corrected chi connectivity index (χ1v) is 4.43. The molecule has 0 bridgehead atoms. The maximum Gasteiger partial charge on any atom is 0.423 e. The number of aromatic nitrogens is 2. The second-order valence-electron chi connectivity index (χ2n) is 3.46. The lowest BCUT2D eigenvalue weighted by atomic mass is 10.1. The minimum atomic E-state index is -4.77. The molecule has 0 spiro atoms. The fraction of sp³-hybridized carbons (Fsp3) is 0.500. The van der Waals surface area contributed by atoms with Gasteiger partial charge >= 0.3 is 6.18 Å². The predicted octanol–water partition coefficient (Wildman–Crippen LogP) is 0.947. The van der Waals surface area contributed by atoms with Gasteiger partial charge in [-0.2, -0.15) is 18.3 Å². The number of alkyl halides is 4. The second-order valence-corrected chi connectivity index (χ2v) is 3.46. The van der Waals surface area contributed by atoms with Crippen molar-refractivity contribution in [2.75, 3.05) is 18.0 Å². The van der Waals surface area contributed by atoms with Crippen LogP contribution in [-0.2, 0) is 6.18 Å². The van der Waals surface area contributed by atoms with Crippen LogP contribution in [-0.4, -0.2) is 29.5 Å². The highest BCUT2D eigenvalue weighted by atomic mass is 19.4. The lowest BCUT2D eigenvalue weighted by molar-refractivity contribution is -0.138. The molecule has 0 amide bonds. The molecule has 88 valence electrons. The molecule has 1 aromatic rings. The smallest absolute Gasteiger partial charge is 0.364 e. The first kappa shape index (κ1) is 10.9. The molecule has 0 unspecified atom stereocenters. The molecule has 2 rings (SSSR count). The fourth-order valence-corrected chi connectivity index (χ4v) is 1.52. The van der Waals surface area contributed by atoms with E-state index in [1.54, 1.807) is 5.10 Å². The number of aromatic amines is 1. The van der Waals surface area contributed by atoms with E-state index in [0.29, 0.717) is 0 Å². The van der Waals surface area contributed by atoms with Crippen LogP contribution in [0.4, 0.5) is 23.2 Å². The first-order chi connectivity index (χ1) is 7.39. The van der Waals surface area contributed by atoms with Gasteiger partial charge in [0.05, 0.1) is 25.0 Å². The summed E-state index contributed by atoms with van der Waals surface area (Å²) < 4.78 is 50.2. The Labute approximate surface area is 86.9 Å². The van der Waals surface area contributed by atoms with E-state index in [4.69, 9.17) is 0 Å². The minimum Gasteiger partial charge on any atom is -0.364 e. The zero-order valence-electron chi connectivity index (χ0n) is 7.88. The van der Waals surface area contributed by atoms with E-state index in [-0.39, 0.29) is 18.8 Å². The monoisotopic (exact) mass is 237 g/mol. The average Bonchev–Trinajstić information content (AvgIpc) is 2.10. The van der Waals surface area contributed by atoms with Crippen LogP contribution in [0.2, 0.25) is 0 Å². The molecule has 0 aromatic carbocycles. The summed E-state index contributed by atoms with van der Waals surface area (Å²) >= 11 is 0. The Morgan fingerprint density at radius 1 is 1.44 bits per heavy atom. The highest BCUT2D eigenvalue weighted by Gasteiger charge is 2.41. The van der Waals surface area contributed by atoms with Crippen molar-refractivity contribution in [3.63, 3.8) is 0 Å². The van der Waals surface area contributed by atoms with Gasteiger partial charge in [0.2, 0.25) is 0 Å². The summed E-state index contributed by atoms with van der Waals surface area (Å²) in [5.74, 6) is 0. The van der Waals surface area contributed by atoms with Gasteiger partial charge in [0.15, 0.2) is 0 Å². The average molecular weight is 237 g/mol. The molecule has 0 radical (unpaired) electrons. The maximum atomic E-state index is 12.6. The summed E-state index contributed by atoms with van der Waals surface area (Å²) in [5.41, 5.74) is -3.01. The summed E-state index contributed by atoms with van der Waals surface area (Å²) in [6, 6.07) is 0. The van der Waals surface area contributed by atoms with Crippen LogP contribution in [0.15, 0.2) is 11.0 Å². The number of rotatable bonds is 1. The van der Waals surface area contributed by atoms with Gasteiger partial charge in [-0.25, -0.2) is 9.49 Å². The molecule has 4 nitrogen and oxygen atoms in total. The van der Waals surface area contributed by atoms with Gasteiger partial charge < -0.3 is 4.90 Å². The van der Waals surface area contributed by atoms with Gasteiger partial charge in [-0.15, -0.1) is 0 Å². The van der Waals surface area contributed by atoms with Crippen molar-refractivity contribution in [3.05, 3.63) is 22.1 Å². The Kier molecular flexibility index (Phi) is 2.36. The second kappa shape index (κ2) is 3.46. The van der Waals surface area contributed by atoms with Crippen molar-refractivity contribution < 1.29 is 17.6 Å². The zero-order valence-corrected chi connectivity index (χ0v) is 7.88. The molecule has 1 aliphatic rings.